The van der Waals surface area contributed by atoms with E-state index >= 15 is 0 Å². The number of nitrogens with one attached hydrogen (secondary N) is 1. The lowest BCUT2D eigenvalue weighted by molar-refractivity contribution is 0.0923. The molecule has 0 saturated carbocycles. The van der Waals surface area contributed by atoms with Gasteiger partial charge in [0.1, 0.15) is 5.69 Å². The molecule has 2 heterocycles. The third kappa shape index (κ3) is 3.14. The number of hydrogen-bond donors (Lipinski definition) is 1. The van der Waals surface area contributed by atoms with Crippen molar-refractivity contribution in [2.24, 2.45) is 7.05 Å². The molecule has 0 unspecified atom stereocenters. The van der Waals surface area contributed by atoms with Gasteiger partial charge < -0.3 is 5.32 Å². The van der Waals surface area contributed by atoms with Gasteiger partial charge in [-0.1, -0.05) is 17.7 Å². The van der Waals surface area contributed by atoms with Crippen molar-refractivity contribution in [1.29, 1.82) is 0 Å². The first kappa shape index (κ1) is 17.8. The highest BCUT2D eigenvalue weighted by molar-refractivity contribution is 6.33. The predicted molar refractivity (Wildman–Crippen MR) is 104 cm³/mol. The quantitative estimate of drug-likeness (QED) is 0.750. The van der Waals surface area contributed by atoms with E-state index in [0.717, 1.165) is 36.2 Å². The lowest BCUT2D eigenvalue weighted by Gasteiger charge is -2.24. The minimum atomic E-state index is -0.211. The predicted octanol–water partition coefficient (Wildman–Crippen LogP) is 3.68. The summed E-state index contributed by atoms with van der Waals surface area (Å²) in [5.41, 5.74) is 6.17. The maximum absolute atomic E-state index is 12.7. The van der Waals surface area contributed by atoms with Crippen molar-refractivity contribution < 1.29 is 4.79 Å². The molecule has 140 valence electrons. The first-order valence-corrected chi connectivity index (χ1v) is 9.46. The molecule has 0 fully saturated rings. The zero-order valence-electron chi connectivity index (χ0n) is 15.7. The van der Waals surface area contributed by atoms with Crippen molar-refractivity contribution in [3.05, 3.63) is 63.7 Å². The second-order valence-corrected chi connectivity index (χ2v) is 7.52. The fourth-order valence-corrected chi connectivity index (χ4v) is 3.93. The lowest BCUT2D eigenvalue weighted by atomic mass is 9.92. The monoisotopic (exact) mass is 383 g/mol. The topological polar surface area (TPSA) is 64.7 Å². The molecular formula is C20H22ClN5O. The van der Waals surface area contributed by atoms with Crippen LogP contribution in [0.4, 0.5) is 0 Å². The van der Waals surface area contributed by atoms with E-state index in [2.05, 4.69) is 47.6 Å². The molecule has 1 N–H and O–H groups in total. The van der Waals surface area contributed by atoms with Gasteiger partial charge in [-0.3, -0.25) is 9.48 Å². The Hall–Kier alpha value is -2.60. The van der Waals surface area contributed by atoms with Crippen molar-refractivity contribution >= 4 is 17.5 Å². The highest BCUT2D eigenvalue weighted by atomic mass is 35.5. The van der Waals surface area contributed by atoms with Crippen molar-refractivity contribution in [1.82, 2.24) is 24.9 Å². The summed E-state index contributed by atoms with van der Waals surface area (Å²) < 4.78 is 3.50. The SMILES string of the molecule is Cc1ccc(-n2ncc3c2CCC[C@H]3NC(=O)c2c(Cl)cnn2C)cc1C. The van der Waals surface area contributed by atoms with E-state index in [1.54, 1.807) is 7.05 Å². The lowest BCUT2D eigenvalue weighted by Crippen LogP contribution is -2.32. The van der Waals surface area contributed by atoms with Gasteiger partial charge in [0.2, 0.25) is 0 Å². The summed E-state index contributed by atoms with van der Waals surface area (Å²) in [6, 6.07) is 6.28. The smallest absolute Gasteiger partial charge is 0.271 e. The first-order chi connectivity index (χ1) is 13.0. The van der Waals surface area contributed by atoms with E-state index in [9.17, 15) is 4.79 Å². The summed E-state index contributed by atoms with van der Waals surface area (Å²) in [6.45, 7) is 4.21. The summed E-state index contributed by atoms with van der Waals surface area (Å²) in [6.07, 6.45) is 6.18. The maximum Gasteiger partial charge on any atom is 0.271 e. The van der Waals surface area contributed by atoms with Crippen LogP contribution in [0.5, 0.6) is 0 Å². The van der Waals surface area contributed by atoms with E-state index in [0.29, 0.717) is 10.7 Å². The van der Waals surface area contributed by atoms with E-state index < -0.39 is 0 Å². The van der Waals surface area contributed by atoms with Crippen molar-refractivity contribution in [3.63, 3.8) is 0 Å². The molecule has 1 amide bonds. The number of halogens is 1. The number of benzene rings is 1. The molecule has 4 rings (SSSR count). The second-order valence-electron chi connectivity index (χ2n) is 7.11. The van der Waals surface area contributed by atoms with Gasteiger partial charge in [-0.05, 0) is 56.4 Å². The Morgan fingerprint density at radius 3 is 2.74 bits per heavy atom. The van der Waals surface area contributed by atoms with Gasteiger partial charge >= 0.3 is 0 Å². The van der Waals surface area contributed by atoms with Gasteiger partial charge in [-0.2, -0.15) is 10.2 Å². The Morgan fingerprint density at radius 1 is 1.22 bits per heavy atom. The number of carbonyl (C=O) groups is 1. The number of hydrogen-bond acceptors (Lipinski definition) is 3. The summed E-state index contributed by atoms with van der Waals surface area (Å²) in [7, 11) is 1.71. The van der Waals surface area contributed by atoms with E-state index in [4.69, 9.17) is 11.6 Å². The van der Waals surface area contributed by atoms with Gasteiger partial charge in [0, 0.05) is 18.3 Å². The molecule has 0 aliphatic heterocycles. The number of fused-ring (bicyclic) bond motifs is 1. The zero-order chi connectivity index (χ0) is 19.1. The molecular weight excluding hydrogens is 362 g/mol. The number of nitrogens with zero attached hydrogens (tertiary/aromatic N) is 4. The van der Waals surface area contributed by atoms with Gasteiger partial charge in [0.05, 0.1) is 29.1 Å². The fourth-order valence-electron chi connectivity index (χ4n) is 3.68. The molecule has 0 bridgehead atoms. The maximum atomic E-state index is 12.7. The van der Waals surface area contributed by atoms with Crippen LogP contribution >= 0.6 is 11.6 Å². The average molecular weight is 384 g/mol. The Labute approximate surface area is 163 Å². The van der Waals surface area contributed by atoms with E-state index in [1.165, 1.54) is 22.0 Å². The van der Waals surface area contributed by atoms with Gasteiger partial charge in [0.25, 0.3) is 5.91 Å². The molecule has 1 aliphatic carbocycles. The van der Waals surface area contributed by atoms with Crippen LogP contribution in [0.1, 0.15) is 51.8 Å². The molecule has 7 heteroatoms. The molecule has 0 saturated heterocycles. The Balaban J connectivity index is 1.64. The standard InChI is InChI=1S/C20H22ClN5O/c1-12-7-8-14(9-13(12)2)26-18-6-4-5-17(15(18)10-23-26)24-20(27)19-16(21)11-22-25(19)3/h7-11,17H,4-6H2,1-3H3,(H,24,27)/t17-/m1/s1. The van der Waals surface area contributed by atoms with Gasteiger partial charge in [-0.25, -0.2) is 4.68 Å². The number of aryl methyl sites for hydroxylation is 3. The van der Waals surface area contributed by atoms with E-state index in [1.807, 2.05) is 10.9 Å². The second kappa shape index (κ2) is 6.85. The van der Waals surface area contributed by atoms with Crippen molar-refractivity contribution in [2.75, 3.05) is 0 Å². The number of amides is 1. The molecule has 1 atom stereocenters. The Bertz CT molecular complexity index is 1000. The third-order valence-corrected chi connectivity index (χ3v) is 5.61. The van der Waals surface area contributed by atoms with Crippen LogP contribution in [0.2, 0.25) is 5.02 Å². The van der Waals surface area contributed by atoms with Crippen LogP contribution in [0, 0.1) is 13.8 Å². The zero-order valence-corrected chi connectivity index (χ0v) is 16.4. The summed E-state index contributed by atoms with van der Waals surface area (Å²) in [5.74, 6) is -0.211. The molecule has 0 spiro atoms. The van der Waals surface area contributed by atoms with Crippen LogP contribution < -0.4 is 5.32 Å². The fraction of sp³-hybridized carbons (Fsp3) is 0.350. The highest BCUT2D eigenvalue weighted by Crippen LogP contribution is 2.32. The van der Waals surface area contributed by atoms with E-state index in [-0.39, 0.29) is 11.9 Å². The molecule has 6 nitrogen and oxygen atoms in total. The van der Waals surface area contributed by atoms with Crippen LogP contribution in [0.25, 0.3) is 5.69 Å². The van der Waals surface area contributed by atoms with Crippen molar-refractivity contribution in [3.8, 4) is 5.69 Å². The highest BCUT2D eigenvalue weighted by Gasteiger charge is 2.28. The van der Waals surface area contributed by atoms with Crippen LogP contribution in [0.15, 0.2) is 30.6 Å². The molecule has 1 aliphatic rings. The molecule has 0 radical (unpaired) electrons. The molecule has 1 aromatic carbocycles. The number of aromatic nitrogens is 4. The van der Waals surface area contributed by atoms with Crippen LogP contribution in [-0.2, 0) is 13.5 Å². The van der Waals surface area contributed by atoms with Crippen molar-refractivity contribution in [2.45, 2.75) is 39.2 Å². The number of carbonyl (C=O) groups excluding carboxylic acids is 1. The summed E-state index contributed by atoms with van der Waals surface area (Å²) >= 11 is 6.11. The van der Waals surface area contributed by atoms with Crippen LogP contribution in [-0.4, -0.2) is 25.5 Å². The third-order valence-electron chi connectivity index (χ3n) is 5.33. The summed E-state index contributed by atoms with van der Waals surface area (Å²) in [5, 5.41) is 12.1. The molecule has 3 aromatic rings. The van der Waals surface area contributed by atoms with Crippen LogP contribution in [0.3, 0.4) is 0 Å². The minimum absolute atomic E-state index is 0.0764. The van der Waals surface area contributed by atoms with Gasteiger partial charge in [0.15, 0.2) is 0 Å². The first-order valence-electron chi connectivity index (χ1n) is 9.08. The molecule has 27 heavy (non-hydrogen) atoms. The summed E-state index contributed by atoms with van der Waals surface area (Å²) in [4.78, 5) is 12.7. The minimum Gasteiger partial charge on any atom is -0.344 e. The average Bonchev–Trinajstić information content (AvgIpc) is 3.21. The Morgan fingerprint density at radius 2 is 2.04 bits per heavy atom. The molecule has 2 aromatic heterocycles. The largest absolute Gasteiger partial charge is 0.344 e. The Kier molecular flexibility index (Phi) is 4.52. The van der Waals surface area contributed by atoms with Gasteiger partial charge in [-0.15, -0.1) is 0 Å². The normalized spacial score (nSPS) is 16.2. The number of rotatable bonds is 3.